The van der Waals surface area contributed by atoms with Crippen LogP contribution in [0, 0.1) is 0 Å². The normalized spacial score (nSPS) is 14.8. The Hall–Kier alpha value is -4.14. The molecule has 0 spiro atoms. The molecule has 0 unspecified atom stereocenters. The molecule has 4 aromatic rings. The number of benzene rings is 2. The molecule has 2 aromatic heterocycles. The van der Waals surface area contributed by atoms with E-state index in [1.165, 1.54) is 6.33 Å². The summed E-state index contributed by atoms with van der Waals surface area (Å²) in [6.45, 7) is 6.59. The third-order valence-electron chi connectivity index (χ3n) is 6.53. The molecule has 2 N–H and O–H groups in total. The monoisotopic (exact) mass is 500 g/mol. The van der Waals surface area contributed by atoms with Gasteiger partial charge in [0.15, 0.2) is 11.5 Å². The number of nitrogens with zero attached hydrogens (tertiary/aromatic N) is 4. The Balaban J connectivity index is 1.42. The molecule has 0 atom stereocenters. The third kappa shape index (κ3) is 5.35. The highest BCUT2D eigenvalue weighted by Gasteiger charge is 2.30. The average Bonchev–Trinajstić information content (AvgIpc) is 3.24. The lowest BCUT2D eigenvalue weighted by molar-refractivity contribution is 0.0188. The minimum absolute atomic E-state index is 0.0817. The number of ether oxygens (including phenoxy) is 1. The lowest BCUT2D eigenvalue weighted by atomic mass is 9.99. The van der Waals surface area contributed by atoms with Crippen LogP contribution in [-0.2, 0) is 4.74 Å². The Morgan fingerprint density at radius 3 is 2.16 bits per heavy atom. The smallest absolute Gasteiger partial charge is 0.410 e. The van der Waals surface area contributed by atoms with Crippen LogP contribution in [0.25, 0.3) is 11.2 Å². The molecule has 1 aliphatic heterocycles. The Morgan fingerprint density at radius 1 is 1.00 bits per heavy atom. The number of amides is 1. The second kappa shape index (κ2) is 10.1. The van der Waals surface area contributed by atoms with Gasteiger partial charge in [0.05, 0.1) is 6.04 Å². The molecule has 1 fully saturated rings. The van der Waals surface area contributed by atoms with Crippen LogP contribution < -0.4 is 11.0 Å². The summed E-state index contributed by atoms with van der Waals surface area (Å²) in [5.41, 5.74) is 2.51. The fourth-order valence-corrected chi connectivity index (χ4v) is 4.81. The van der Waals surface area contributed by atoms with Crippen LogP contribution in [0.15, 0.2) is 71.8 Å². The van der Waals surface area contributed by atoms with E-state index in [9.17, 15) is 9.59 Å². The number of nitrogens with one attached hydrogen (secondary N) is 2. The van der Waals surface area contributed by atoms with Gasteiger partial charge in [-0.2, -0.15) is 0 Å². The zero-order valence-electron chi connectivity index (χ0n) is 21.3. The van der Waals surface area contributed by atoms with E-state index in [4.69, 9.17) is 4.74 Å². The summed E-state index contributed by atoms with van der Waals surface area (Å²) >= 11 is 0. The number of rotatable bonds is 5. The van der Waals surface area contributed by atoms with Crippen molar-refractivity contribution >= 4 is 23.1 Å². The number of anilines is 1. The van der Waals surface area contributed by atoms with Crippen molar-refractivity contribution in [1.82, 2.24) is 24.4 Å². The second-order valence-electron chi connectivity index (χ2n) is 10.3. The van der Waals surface area contributed by atoms with E-state index in [0.717, 1.165) is 11.1 Å². The zero-order chi connectivity index (χ0) is 26.0. The number of aromatic nitrogens is 4. The Morgan fingerprint density at radius 2 is 1.59 bits per heavy atom. The molecule has 0 aliphatic carbocycles. The molecule has 3 heterocycles. The number of hydrogen-bond donors (Lipinski definition) is 2. The predicted molar refractivity (Wildman–Crippen MR) is 143 cm³/mol. The molecular weight excluding hydrogens is 468 g/mol. The summed E-state index contributed by atoms with van der Waals surface area (Å²) < 4.78 is 7.21. The SMILES string of the molecule is CC(C)(C)OC(=O)N1CCC(n2c(=O)[nH]c3c(NC(c4ccccc4)c4ccccc4)ncnc32)CC1. The molecule has 1 aliphatic rings. The van der Waals surface area contributed by atoms with Crippen molar-refractivity contribution in [3.05, 3.63) is 88.6 Å². The Kier molecular flexibility index (Phi) is 6.69. The summed E-state index contributed by atoms with van der Waals surface area (Å²) in [5, 5.41) is 3.54. The van der Waals surface area contributed by atoms with Crippen molar-refractivity contribution in [1.29, 1.82) is 0 Å². The van der Waals surface area contributed by atoms with E-state index < -0.39 is 5.60 Å². The highest BCUT2D eigenvalue weighted by atomic mass is 16.6. The molecule has 0 bridgehead atoms. The number of H-pyrrole nitrogens is 1. The number of piperidine rings is 1. The standard InChI is InChI=1S/C28H32N6O3/c1-28(2,3)37-27(36)33-16-14-21(15-17-33)34-25-23(32-26(34)35)24(29-18-30-25)31-22(19-10-6-4-7-11-19)20-12-8-5-9-13-20/h4-13,18,21-22H,14-17H2,1-3H3,(H,32,35)(H,29,30,31). The van der Waals surface area contributed by atoms with Crippen molar-refractivity contribution in [3.63, 3.8) is 0 Å². The number of carbonyl (C=O) groups is 1. The highest BCUT2D eigenvalue weighted by molar-refractivity contribution is 5.83. The summed E-state index contributed by atoms with van der Waals surface area (Å²) in [4.78, 5) is 39.2. The molecule has 0 saturated carbocycles. The van der Waals surface area contributed by atoms with Crippen LogP contribution in [-0.4, -0.2) is 49.2 Å². The number of hydrogen-bond acceptors (Lipinski definition) is 6. The van der Waals surface area contributed by atoms with Crippen molar-refractivity contribution in [2.45, 2.75) is 51.3 Å². The number of imidazole rings is 1. The number of likely N-dealkylation sites (tertiary alicyclic amines) is 1. The van der Waals surface area contributed by atoms with Crippen LogP contribution in [0.4, 0.5) is 10.6 Å². The fraction of sp³-hybridized carbons (Fsp3) is 0.357. The van der Waals surface area contributed by atoms with Gasteiger partial charge in [0, 0.05) is 19.1 Å². The molecular formula is C28H32N6O3. The van der Waals surface area contributed by atoms with Crippen LogP contribution in [0.2, 0.25) is 0 Å². The summed E-state index contributed by atoms with van der Waals surface area (Å²) in [6.07, 6.45) is 2.43. The predicted octanol–water partition coefficient (Wildman–Crippen LogP) is 4.89. The van der Waals surface area contributed by atoms with Crippen molar-refractivity contribution in [2.24, 2.45) is 0 Å². The van der Waals surface area contributed by atoms with E-state index in [1.807, 2.05) is 57.2 Å². The van der Waals surface area contributed by atoms with Gasteiger partial charge in [-0.25, -0.2) is 19.6 Å². The first-order chi connectivity index (χ1) is 17.8. The van der Waals surface area contributed by atoms with Gasteiger partial charge in [-0.15, -0.1) is 0 Å². The fourth-order valence-electron chi connectivity index (χ4n) is 4.81. The molecule has 9 nitrogen and oxygen atoms in total. The van der Waals surface area contributed by atoms with Crippen molar-refractivity contribution < 1.29 is 9.53 Å². The molecule has 5 rings (SSSR count). The Labute approximate surface area is 215 Å². The maximum atomic E-state index is 13.1. The van der Waals surface area contributed by atoms with Crippen LogP contribution in [0.1, 0.15) is 56.8 Å². The van der Waals surface area contributed by atoms with Gasteiger partial charge >= 0.3 is 11.8 Å². The molecule has 37 heavy (non-hydrogen) atoms. The zero-order valence-corrected chi connectivity index (χ0v) is 21.3. The van der Waals surface area contributed by atoms with Crippen LogP contribution in [0.3, 0.4) is 0 Å². The quantitative estimate of drug-likeness (QED) is 0.404. The van der Waals surface area contributed by atoms with Gasteiger partial charge < -0.3 is 19.9 Å². The van der Waals surface area contributed by atoms with E-state index in [0.29, 0.717) is 42.9 Å². The Bertz CT molecular complexity index is 1380. The lowest BCUT2D eigenvalue weighted by Crippen LogP contribution is -2.43. The number of fused-ring (bicyclic) bond motifs is 1. The first kappa shape index (κ1) is 24.5. The molecule has 192 valence electrons. The number of aromatic amines is 1. The van der Waals surface area contributed by atoms with Crippen LogP contribution >= 0.6 is 0 Å². The summed E-state index contributed by atoms with van der Waals surface area (Å²) in [6, 6.07) is 20.0. The molecule has 1 amide bonds. The summed E-state index contributed by atoms with van der Waals surface area (Å²) in [7, 11) is 0. The van der Waals surface area contributed by atoms with E-state index in [2.05, 4.69) is 44.5 Å². The minimum atomic E-state index is -0.542. The van der Waals surface area contributed by atoms with Gasteiger partial charge in [0.1, 0.15) is 17.4 Å². The third-order valence-corrected chi connectivity index (χ3v) is 6.53. The molecule has 1 saturated heterocycles. The minimum Gasteiger partial charge on any atom is -0.444 e. The molecule has 9 heteroatoms. The van der Waals surface area contributed by atoms with Gasteiger partial charge in [-0.3, -0.25) is 4.57 Å². The highest BCUT2D eigenvalue weighted by Crippen LogP contribution is 2.30. The van der Waals surface area contributed by atoms with Gasteiger partial charge in [-0.05, 0) is 44.7 Å². The van der Waals surface area contributed by atoms with E-state index in [-0.39, 0.29) is 23.9 Å². The second-order valence-corrected chi connectivity index (χ2v) is 10.3. The van der Waals surface area contributed by atoms with Gasteiger partial charge in [0.2, 0.25) is 0 Å². The average molecular weight is 501 g/mol. The first-order valence-electron chi connectivity index (χ1n) is 12.6. The van der Waals surface area contributed by atoms with E-state index in [1.54, 1.807) is 9.47 Å². The van der Waals surface area contributed by atoms with Crippen LogP contribution in [0.5, 0.6) is 0 Å². The molecule has 0 radical (unpaired) electrons. The number of carbonyl (C=O) groups excluding carboxylic acids is 1. The topological polar surface area (TPSA) is 105 Å². The maximum absolute atomic E-state index is 13.1. The van der Waals surface area contributed by atoms with E-state index >= 15 is 0 Å². The van der Waals surface area contributed by atoms with Crippen molar-refractivity contribution in [2.75, 3.05) is 18.4 Å². The maximum Gasteiger partial charge on any atom is 0.410 e. The van der Waals surface area contributed by atoms with Gasteiger partial charge in [-0.1, -0.05) is 60.7 Å². The summed E-state index contributed by atoms with van der Waals surface area (Å²) in [5.74, 6) is 0.560. The lowest BCUT2D eigenvalue weighted by Gasteiger charge is -2.33. The molecule has 2 aromatic carbocycles. The van der Waals surface area contributed by atoms with Crippen molar-refractivity contribution in [3.8, 4) is 0 Å². The largest absolute Gasteiger partial charge is 0.444 e. The first-order valence-corrected chi connectivity index (χ1v) is 12.6. The van der Waals surface area contributed by atoms with Gasteiger partial charge in [0.25, 0.3) is 0 Å².